The van der Waals surface area contributed by atoms with E-state index < -0.39 is 23.1 Å². The van der Waals surface area contributed by atoms with Gasteiger partial charge in [-0.2, -0.15) is 13.2 Å². The van der Waals surface area contributed by atoms with Crippen molar-refractivity contribution in [2.24, 2.45) is 0 Å². The van der Waals surface area contributed by atoms with Gasteiger partial charge in [0.15, 0.2) is 5.69 Å². The second kappa shape index (κ2) is 5.64. The highest BCUT2D eigenvalue weighted by molar-refractivity contribution is 9.10. The van der Waals surface area contributed by atoms with Crippen LogP contribution in [0.4, 0.5) is 13.2 Å². The number of alkyl halides is 3. The summed E-state index contributed by atoms with van der Waals surface area (Å²) in [5.41, 5.74) is -4.27. The molecule has 5 nitrogen and oxygen atoms in total. The molecule has 0 saturated carbocycles. The molecule has 0 saturated heterocycles. The van der Waals surface area contributed by atoms with Crippen LogP contribution in [0.3, 0.4) is 0 Å². The van der Waals surface area contributed by atoms with Gasteiger partial charge in [-0.15, -0.1) is 0 Å². The zero-order valence-electron chi connectivity index (χ0n) is 10.3. The molecule has 0 amide bonds. The Morgan fingerprint density at radius 2 is 1.59 bits per heavy atom. The topological polar surface area (TPSA) is 70.0 Å². The number of rotatable bonds is 1. The lowest BCUT2D eigenvalue weighted by molar-refractivity contribution is -0.143. The Hall–Kier alpha value is -1.45. The highest BCUT2D eigenvalue weighted by atomic mass is 79.9. The van der Waals surface area contributed by atoms with Crippen molar-refractivity contribution in [3.63, 3.8) is 0 Å². The summed E-state index contributed by atoms with van der Waals surface area (Å²) in [7, 11) is 0. The molecule has 2 aromatic rings. The summed E-state index contributed by atoms with van der Waals surface area (Å²) in [6, 6.07) is 2.59. The van der Waals surface area contributed by atoms with E-state index in [0.717, 1.165) is 0 Å². The highest BCUT2D eigenvalue weighted by Crippen LogP contribution is 2.32. The van der Waals surface area contributed by atoms with Gasteiger partial charge in [0.1, 0.15) is 0 Å². The fraction of sp³-hybridized carbons (Fsp3) is 0.0909. The highest BCUT2D eigenvalue weighted by Gasteiger charge is 2.35. The van der Waals surface area contributed by atoms with Crippen LogP contribution in [0.2, 0.25) is 10.0 Å². The molecule has 11 heteroatoms. The summed E-state index contributed by atoms with van der Waals surface area (Å²) in [5, 5.41) is 0.134. The fourth-order valence-electron chi connectivity index (χ4n) is 1.68. The molecular weight excluding hydrogens is 414 g/mol. The minimum atomic E-state index is -4.94. The zero-order valence-corrected chi connectivity index (χ0v) is 13.4. The summed E-state index contributed by atoms with van der Waals surface area (Å²) in [5.74, 6) is 5.13. The van der Waals surface area contributed by atoms with Crippen molar-refractivity contribution in [2.45, 2.75) is 6.18 Å². The van der Waals surface area contributed by atoms with E-state index >= 15 is 0 Å². The number of benzene rings is 1. The standard InChI is InChI=1S/C11H5BrCl2F3N3O2/c12-9-5(13)1-4(2-6(9)14)19-8(21)3-7(11(15,16)17)20(18)10(19)22/h1-3H,18H2. The first kappa shape index (κ1) is 16.9. The van der Waals surface area contributed by atoms with Crippen LogP contribution in [0.1, 0.15) is 5.69 Å². The van der Waals surface area contributed by atoms with Crippen LogP contribution in [0.25, 0.3) is 5.69 Å². The van der Waals surface area contributed by atoms with Crippen LogP contribution >= 0.6 is 39.1 Å². The first-order chi connectivity index (χ1) is 10.0. The smallest absolute Gasteiger partial charge is 0.335 e. The number of nitrogens with zero attached hydrogens (tertiary/aromatic N) is 2. The van der Waals surface area contributed by atoms with Gasteiger partial charge in [-0.1, -0.05) is 23.2 Å². The van der Waals surface area contributed by atoms with Gasteiger partial charge in [-0.3, -0.25) is 4.79 Å². The van der Waals surface area contributed by atoms with E-state index in [-0.39, 0.29) is 26.5 Å². The van der Waals surface area contributed by atoms with E-state index in [1.54, 1.807) is 0 Å². The Morgan fingerprint density at radius 1 is 1.09 bits per heavy atom. The number of nitrogens with two attached hydrogens (primary N) is 1. The quantitative estimate of drug-likeness (QED) is 0.571. The predicted molar refractivity (Wildman–Crippen MR) is 79.2 cm³/mol. The Balaban J connectivity index is 2.82. The second-order valence-electron chi connectivity index (χ2n) is 4.08. The van der Waals surface area contributed by atoms with Crippen molar-refractivity contribution in [1.29, 1.82) is 0 Å². The average molecular weight is 419 g/mol. The van der Waals surface area contributed by atoms with Crippen molar-refractivity contribution < 1.29 is 13.2 Å². The van der Waals surface area contributed by atoms with E-state index in [1.165, 1.54) is 12.1 Å². The molecule has 2 rings (SSSR count). The van der Waals surface area contributed by atoms with E-state index in [1.807, 2.05) is 0 Å². The summed E-state index contributed by atoms with van der Waals surface area (Å²) in [6.45, 7) is 0. The van der Waals surface area contributed by atoms with Crippen molar-refractivity contribution in [1.82, 2.24) is 9.24 Å². The third kappa shape index (κ3) is 2.88. The number of nitrogen functional groups attached to an aromatic ring is 1. The van der Waals surface area contributed by atoms with Gasteiger partial charge < -0.3 is 5.84 Å². The molecule has 0 atom stereocenters. The molecule has 0 radical (unpaired) electrons. The molecule has 1 heterocycles. The summed E-state index contributed by atoms with van der Waals surface area (Å²) >= 11 is 14.8. The van der Waals surface area contributed by atoms with Crippen LogP contribution in [-0.4, -0.2) is 9.24 Å². The summed E-state index contributed by atoms with van der Waals surface area (Å²) < 4.78 is 38.6. The minimum absolute atomic E-state index is 0.0669. The third-order valence-corrected chi connectivity index (χ3v) is 4.56. The van der Waals surface area contributed by atoms with Crippen molar-refractivity contribution in [3.05, 3.63) is 59.2 Å². The molecule has 1 aromatic heterocycles. The molecule has 1 aromatic carbocycles. The van der Waals surface area contributed by atoms with Gasteiger partial charge in [-0.05, 0) is 28.1 Å². The van der Waals surface area contributed by atoms with Crippen LogP contribution in [0.15, 0.2) is 32.3 Å². The second-order valence-corrected chi connectivity index (χ2v) is 5.68. The molecule has 0 aliphatic carbocycles. The van der Waals surface area contributed by atoms with Crippen LogP contribution in [0.5, 0.6) is 0 Å². The summed E-state index contributed by atoms with van der Waals surface area (Å²) in [4.78, 5) is 23.8. The van der Waals surface area contributed by atoms with E-state index in [4.69, 9.17) is 29.0 Å². The van der Waals surface area contributed by atoms with Crippen LogP contribution < -0.4 is 17.1 Å². The van der Waals surface area contributed by atoms with Crippen molar-refractivity contribution >= 4 is 39.1 Å². The minimum Gasteiger partial charge on any atom is -0.335 e. The van der Waals surface area contributed by atoms with Gasteiger partial charge in [0.2, 0.25) is 0 Å². The van der Waals surface area contributed by atoms with Crippen LogP contribution in [-0.2, 0) is 6.18 Å². The zero-order chi connectivity index (χ0) is 16.8. The molecule has 0 spiro atoms. The Labute approximate surface area is 138 Å². The Morgan fingerprint density at radius 3 is 2.05 bits per heavy atom. The monoisotopic (exact) mass is 417 g/mol. The van der Waals surface area contributed by atoms with E-state index in [9.17, 15) is 22.8 Å². The number of aromatic nitrogens is 2. The number of hydrogen-bond acceptors (Lipinski definition) is 3. The maximum Gasteiger partial charge on any atom is 0.433 e. The molecule has 118 valence electrons. The SMILES string of the molecule is Nn1c(C(F)(F)F)cc(=O)n(-c2cc(Cl)c(Br)c(Cl)c2)c1=O. The average Bonchev–Trinajstić information content (AvgIpc) is 2.39. The maximum atomic E-state index is 12.7. The molecule has 2 N–H and O–H groups in total. The summed E-state index contributed by atoms with van der Waals surface area (Å²) in [6.07, 6.45) is -4.94. The van der Waals surface area contributed by atoms with E-state index in [2.05, 4.69) is 15.9 Å². The molecule has 0 fully saturated rings. The molecule has 22 heavy (non-hydrogen) atoms. The van der Waals surface area contributed by atoms with Gasteiger partial charge in [0.05, 0.1) is 20.2 Å². The molecule has 0 aliphatic rings. The lowest BCUT2D eigenvalue weighted by Crippen LogP contribution is -2.45. The van der Waals surface area contributed by atoms with Crippen LogP contribution in [0, 0.1) is 0 Å². The van der Waals surface area contributed by atoms with Gasteiger partial charge >= 0.3 is 11.9 Å². The number of halogens is 6. The lowest BCUT2D eigenvalue weighted by atomic mass is 10.3. The Bertz CT molecular complexity index is 853. The maximum absolute atomic E-state index is 12.7. The molecule has 0 aliphatic heterocycles. The van der Waals surface area contributed by atoms with Gasteiger partial charge in [-0.25, -0.2) is 14.0 Å². The van der Waals surface area contributed by atoms with Gasteiger partial charge in [0.25, 0.3) is 5.56 Å². The molecule has 0 bridgehead atoms. The first-order valence-corrected chi connectivity index (χ1v) is 6.95. The van der Waals surface area contributed by atoms with E-state index in [0.29, 0.717) is 9.04 Å². The van der Waals surface area contributed by atoms with Gasteiger partial charge in [0, 0.05) is 6.07 Å². The first-order valence-electron chi connectivity index (χ1n) is 5.40. The normalized spacial score (nSPS) is 11.7. The molecular formula is C11H5BrCl2F3N3O2. The third-order valence-electron chi connectivity index (χ3n) is 2.65. The predicted octanol–water partition coefficient (Wildman–Crippen LogP) is 2.80. The lowest BCUT2D eigenvalue weighted by Gasteiger charge is -2.14. The largest absolute Gasteiger partial charge is 0.433 e. The molecule has 0 unspecified atom stereocenters. The number of hydrogen-bond donors (Lipinski definition) is 1. The Kier molecular flexibility index (Phi) is 4.33. The fourth-order valence-corrected chi connectivity index (χ4v) is 2.39. The van der Waals surface area contributed by atoms with Crippen molar-refractivity contribution in [3.8, 4) is 5.69 Å². The van der Waals surface area contributed by atoms with Crippen molar-refractivity contribution in [2.75, 3.05) is 5.84 Å².